The SMILES string of the molecule is COc1ccc(C(N)C2(C)CCCCO2)c(F)c1. The maximum absolute atomic E-state index is 14.0. The van der Waals surface area contributed by atoms with Crippen molar-refractivity contribution in [1.29, 1.82) is 0 Å². The fourth-order valence-electron chi connectivity index (χ4n) is 2.42. The lowest BCUT2D eigenvalue weighted by Gasteiger charge is -2.39. The van der Waals surface area contributed by atoms with Gasteiger partial charge in [-0.25, -0.2) is 4.39 Å². The van der Waals surface area contributed by atoms with Crippen molar-refractivity contribution < 1.29 is 13.9 Å². The Balaban J connectivity index is 2.24. The Morgan fingerprint density at radius 1 is 1.44 bits per heavy atom. The van der Waals surface area contributed by atoms with Crippen molar-refractivity contribution in [3.63, 3.8) is 0 Å². The van der Waals surface area contributed by atoms with Crippen molar-refractivity contribution in [2.75, 3.05) is 13.7 Å². The number of methoxy groups -OCH3 is 1. The molecule has 2 N–H and O–H groups in total. The van der Waals surface area contributed by atoms with Crippen LogP contribution in [0.15, 0.2) is 18.2 Å². The van der Waals surface area contributed by atoms with E-state index in [1.54, 1.807) is 12.1 Å². The van der Waals surface area contributed by atoms with Crippen LogP contribution in [0.5, 0.6) is 5.75 Å². The third kappa shape index (κ3) is 2.49. The Hall–Kier alpha value is -1.13. The molecule has 18 heavy (non-hydrogen) atoms. The minimum absolute atomic E-state index is 0.336. The van der Waals surface area contributed by atoms with Crippen LogP contribution in [-0.2, 0) is 4.74 Å². The van der Waals surface area contributed by atoms with Gasteiger partial charge in [0.25, 0.3) is 0 Å². The van der Waals surface area contributed by atoms with E-state index in [9.17, 15) is 4.39 Å². The van der Waals surface area contributed by atoms with Gasteiger partial charge in [0, 0.05) is 18.2 Å². The highest BCUT2D eigenvalue weighted by Gasteiger charge is 2.36. The molecule has 0 aliphatic carbocycles. The second-order valence-corrected chi connectivity index (χ2v) is 4.98. The summed E-state index contributed by atoms with van der Waals surface area (Å²) in [6.07, 6.45) is 2.98. The van der Waals surface area contributed by atoms with Gasteiger partial charge in [-0.3, -0.25) is 0 Å². The highest BCUT2D eigenvalue weighted by Crippen LogP contribution is 2.36. The Morgan fingerprint density at radius 2 is 2.22 bits per heavy atom. The van der Waals surface area contributed by atoms with Crippen molar-refractivity contribution in [2.45, 2.75) is 37.8 Å². The topological polar surface area (TPSA) is 44.5 Å². The Kier molecular flexibility index (Phi) is 3.88. The lowest BCUT2D eigenvalue weighted by molar-refractivity contribution is -0.0826. The summed E-state index contributed by atoms with van der Waals surface area (Å²) in [5.41, 5.74) is 6.20. The molecule has 0 aromatic heterocycles. The summed E-state index contributed by atoms with van der Waals surface area (Å²) in [6.45, 7) is 2.66. The third-order valence-electron chi connectivity index (χ3n) is 3.70. The van der Waals surface area contributed by atoms with Crippen molar-refractivity contribution in [1.82, 2.24) is 0 Å². The average Bonchev–Trinajstić information content (AvgIpc) is 2.38. The molecule has 2 atom stereocenters. The third-order valence-corrected chi connectivity index (χ3v) is 3.70. The Morgan fingerprint density at radius 3 is 2.78 bits per heavy atom. The summed E-state index contributed by atoms with van der Waals surface area (Å²) in [6, 6.07) is 4.32. The fourth-order valence-corrected chi connectivity index (χ4v) is 2.42. The maximum atomic E-state index is 14.0. The van der Waals surface area contributed by atoms with Gasteiger partial charge >= 0.3 is 0 Å². The van der Waals surface area contributed by atoms with Crippen LogP contribution < -0.4 is 10.5 Å². The smallest absolute Gasteiger partial charge is 0.131 e. The molecule has 3 nitrogen and oxygen atoms in total. The highest BCUT2D eigenvalue weighted by atomic mass is 19.1. The van der Waals surface area contributed by atoms with E-state index in [4.69, 9.17) is 15.2 Å². The van der Waals surface area contributed by atoms with E-state index in [0.29, 0.717) is 17.9 Å². The minimum Gasteiger partial charge on any atom is -0.497 e. The summed E-state index contributed by atoms with van der Waals surface area (Å²) < 4.78 is 24.8. The number of halogens is 1. The normalized spacial score (nSPS) is 25.8. The Bertz CT molecular complexity index is 416. The first kappa shape index (κ1) is 13.3. The van der Waals surface area contributed by atoms with Crippen molar-refractivity contribution >= 4 is 0 Å². The minimum atomic E-state index is -0.478. The van der Waals surface area contributed by atoms with Gasteiger partial charge in [0.15, 0.2) is 0 Å². The highest BCUT2D eigenvalue weighted by molar-refractivity contribution is 5.32. The number of benzene rings is 1. The van der Waals surface area contributed by atoms with Gasteiger partial charge in [-0.15, -0.1) is 0 Å². The van der Waals surface area contributed by atoms with Crippen LogP contribution >= 0.6 is 0 Å². The molecule has 1 aromatic rings. The molecule has 1 aliphatic rings. The molecule has 1 aromatic carbocycles. The number of nitrogens with two attached hydrogens (primary N) is 1. The van der Waals surface area contributed by atoms with Crippen LogP contribution in [0.25, 0.3) is 0 Å². The molecule has 1 heterocycles. The molecule has 0 radical (unpaired) electrons. The zero-order valence-electron chi connectivity index (χ0n) is 10.9. The van der Waals surface area contributed by atoms with Crippen LogP contribution in [0.1, 0.15) is 37.8 Å². The van der Waals surface area contributed by atoms with Crippen molar-refractivity contribution in [3.05, 3.63) is 29.6 Å². The van der Waals surface area contributed by atoms with E-state index >= 15 is 0 Å². The number of rotatable bonds is 3. The Labute approximate surface area is 107 Å². The van der Waals surface area contributed by atoms with Gasteiger partial charge in [0.2, 0.25) is 0 Å². The molecule has 2 rings (SSSR count). The van der Waals surface area contributed by atoms with E-state index in [-0.39, 0.29) is 5.82 Å². The molecule has 4 heteroatoms. The number of ether oxygens (including phenoxy) is 2. The first-order chi connectivity index (χ1) is 8.57. The first-order valence-corrected chi connectivity index (χ1v) is 6.30. The zero-order valence-corrected chi connectivity index (χ0v) is 10.9. The van der Waals surface area contributed by atoms with Crippen LogP contribution in [0.3, 0.4) is 0 Å². The van der Waals surface area contributed by atoms with E-state index in [0.717, 1.165) is 19.3 Å². The van der Waals surface area contributed by atoms with Crippen LogP contribution in [0, 0.1) is 5.82 Å². The quantitative estimate of drug-likeness (QED) is 0.900. The summed E-state index contributed by atoms with van der Waals surface area (Å²) in [7, 11) is 1.51. The molecule has 2 unspecified atom stereocenters. The molecule has 1 aliphatic heterocycles. The lowest BCUT2D eigenvalue weighted by atomic mass is 9.84. The van der Waals surface area contributed by atoms with Gasteiger partial charge in [-0.2, -0.15) is 0 Å². The van der Waals surface area contributed by atoms with Gasteiger partial charge in [0.1, 0.15) is 11.6 Å². The molecule has 0 saturated carbocycles. The van der Waals surface area contributed by atoms with E-state index in [2.05, 4.69) is 0 Å². The monoisotopic (exact) mass is 253 g/mol. The van der Waals surface area contributed by atoms with E-state index < -0.39 is 11.6 Å². The summed E-state index contributed by atoms with van der Waals surface area (Å²) in [5.74, 6) is 0.162. The molecule has 0 spiro atoms. The fraction of sp³-hybridized carbons (Fsp3) is 0.571. The van der Waals surface area contributed by atoms with Gasteiger partial charge in [-0.1, -0.05) is 6.07 Å². The molecular weight excluding hydrogens is 233 g/mol. The summed E-state index contributed by atoms with van der Waals surface area (Å²) in [4.78, 5) is 0. The van der Waals surface area contributed by atoms with Gasteiger partial charge in [0.05, 0.1) is 18.8 Å². The summed E-state index contributed by atoms with van der Waals surface area (Å²) >= 11 is 0. The van der Waals surface area contributed by atoms with Crippen LogP contribution in [0.4, 0.5) is 4.39 Å². The van der Waals surface area contributed by atoms with Gasteiger partial charge in [-0.05, 0) is 32.3 Å². The standard InChI is InChI=1S/C14H20FNO2/c1-14(7-3-4-8-18-14)13(16)11-6-5-10(17-2)9-12(11)15/h5-6,9,13H,3-4,7-8,16H2,1-2H3. The molecule has 1 saturated heterocycles. The van der Waals surface area contributed by atoms with E-state index in [1.165, 1.54) is 13.2 Å². The largest absolute Gasteiger partial charge is 0.497 e. The predicted octanol–water partition coefficient (Wildman–Crippen LogP) is 2.79. The molecule has 1 fully saturated rings. The predicted molar refractivity (Wildman–Crippen MR) is 68.1 cm³/mol. The molecule has 0 bridgehead atoms. The summed E-state index contributed by atoms with van der Waals surface area (Å²) in [5, 5.41) is 0. The second-order valence-electron chi connectivity index (χ2n) is 4.98. The second kappa shape index (κ2) is 5.24. The van der Waals surface area contributed by atoms with Crippen LogP contribution in [0.2, 0.25) is 0 Å². The van der Waals surface area contributed by atoms with E-state index in [1.807, 2.05) is 6.92 Å². The number of hydrogen-bond acceptors (Lipinski definition) is 3. The van der Waals surface area contributed by atoms with Crippen molar-refractivity contribution in [3.8, 4) is 5.75 Å². The maximum Gasteiger partial charge on any atom is 0.131 e. The van der Waals surface area contributed by atoms with Crippen LogP contribution in [-0.4, -0.2) is 19.3 Å². The number of hydrogen-bond donors (Lipinski definition) is 1. The zero-order chi connectivity index (χ0) is 13.2. The molecule has 0 amide bonds. The lowest BCUT2D eigenvalue weighted by Crippen LogP contribution is -2.43. The van der Waals surface area contributed by atoms with Gasteiger partial charge < -0.3 is 15.2 Å². The molecular formula is C14H20FNO2. The van der Waals surface area contributed by atoms with Crippen molar-refractivity contribution in [2.24, 2.45) is 5.73 Å². The molecule has 100 valence electrons. The average molecular weight is 253 g/mol. The first-order valence-electron chi connectivity index (χ1n) is 6.30.